The molecular weight excluding hydrogens is 268 g/mol. The summed E-state index contributed by atoms with van der Waals surface area (Å²) < 4.78 is 4.88. The van der Waals surface area contributed by atoms with Crippen molar-refractivity contribution >= 4 is 11.9 Å². The molecule has 1 N–H and O–H groups in total. The van der Waals surface area contributed by atoms with Gasteiger partial charge in [0.25, 0.3) is 0 Å². The summed E-state index contributed by atoms with van der Waals surface area (Å²) in [6.07, 6.45) is 13.4. The minimum absolute atomic E-state index is 0.0691. The Kier molecular flexibility index (Phi) is 14.6. The van der Waals surface area contributed by atoms with Gasteiger partial charge in [-0.3, -0.25) is 9.59 Å². The molecule has 0 aromatic carbocycles. The lowest BCUT2D eigenvalue weighted by Gasteiger charge is -2.03. The fraction of sp³-hybridized carbons (Fsp3) is 0.882. The Labute approximate surface area is 129 Å². The van der Waals surface area contributed by atoms with Gasteiger partial charge >= 0.3 is 11.9 Å². The van der Waals surface area contributed by atoms with Crippen molar-refractivity contribution in [2.45, 2.75) is 90.4 Å². The lowest BCUT2D eigenvalue weighted by atomic mass is 10.0. The van der Waals surface area contributed by atoms with E-state index in [4.69, 9.17) is 9.84 Å². The van der Waals surface area contributed by atoms with E-state index in [9.17, 15) is 9.59 Å². The fourth-order valence-corrected chi connectivity index (χ4v) is 2.37. The summed E-state index contributed by atoms with van der Waals surface area (Å²) in [5.41, 5.74) is 0. The Balaban J connectivity index is 3.06. The molecule has 0 radical (unpaired) electrons. The maximum atomic E-state index is 11.1. The highest BCUT2D eigenvalue weighted by molar-refractivity contribution is 5.69. The SMILES string of the molecule is CCOC(=O)CCCCCCCCCCCCCC(=O)O. The van der Waals surface area contributed by atoms with Crippen LogP contribution >= 0.6 is 0 Å². The highest BCUT2D eigenvalue weighted by Crippen LogP contribution is 2.12. The number of carboxylic acids is 1. The lowest BCUT2D eigenvalue weighted by molar-refractivity contribution is -0.143. The largest absolute Gasteiger partial charge is 0.481 e. The zero-order chi connectivity index (χ0) is 15.8. The van der Waals surface area contributed by atoms with Crippen LogP contribution < -0.4 is 0 Å². The average Bonchev–Trinajstić information content (AvgIpc) is 2.44. The zero-order valence-corrected chi connectivity index (χ0v) is 13.6. The minimum Gasteiger partial charge on any atom is -0.481 e. The third-order valence-electron chi connectivity index (χ3n) is 3.58. The van der Waals surface area contributed by atoms with Crippen LogP contribution in [0.1, 0.15) is 90.4 Å². The summed E-state index contributed by atoms with van der Waals surface area (Å²) in [6.45, 7) is 2.32. The smallest absolute Gasteiger partial charge is 0.305 e. The molecule has 0 atom stereocenters. The molecule has 0 spiro atoms. The van der Waals surface area contributed by atoms with E-state index in [0.717, 1.165) is 32.1 Å². The van der Waals surface area contributed by atoms with Crippen LogP contribution in [0.5, 0.6) is 0 Å². The molecule has 0 aliphatic heterocycles. The lowest BCUT2D eigenvalue weighted by Crippen LogP contribution is -2.03. The van der Waals surface area contributed by atoms with Crippen molar-refractivity contribution in [3.8, 4) is 0 Å². The quantitative estimate of drug-likeness (QED) is 0.351. The van der Waals surface area contributed by atoms with Crippen molar-refractivity contribution < 1.29 is 19.4 Å². The molecule has 0 saturated carbocycles. The highest BCUT2D eigenvalue weighted by Gasteiger charge is 2.00. The molecular formula is C17H32O4. The molecule has 0 amide bonds. The topological polar surface area (TPSA) is 63.6 Å². The van der Waals surface area contributed by atoms with Crippen LogP contribution in [-0.2, 0) is 14.3 Å². The molecule has 0 unspecified atom stereocenters. The summed E-state index contributed by atoms with van der Waals surface area (Å²) in [7, 11) is 0. The number of carboxylic acid groups (broad SMARTS) is 1. The molecule has 0 aromatic heterocycles. The van der Waals surface area contributed by atoms with Crippen molar-refractivity contribution in [2.75, 3.05) is 6.61 Å². The predicted molar refractivity (Wildman–Crippen MR) is 84.3 cm³/mol. The molecule has 4 heteroatoms. The first-order chi connectivity index (χ1) is 10.2. The highest BCUT2D eigenvalue weighted by atomic mass is 16.5. The number of carbonyl (C=O) groups is 2. The average molecular weight is 300 g/mol. The van der Waals surface area contributed by atoms with Crippen LogP contribution in [0.25, 0.3) is 0 Å². The van der Waals surface area contributed by atoms with E-state index in [2.05, 4.69) is 0 Å². The van der Waals surface area contributed by atoms with Crippen molar-refractivity contribution in [3.05, 3.63) is 0 Å². The molecule has 0 aliphatic carbocycles. The first-order valence-electron chi connectivity index (χ1n) is 8.54. The van der Waals surface area contributed by atoms with E-state index in [-0.39, 0.29) is 5.97 Å². The molecule has 0 bridgehead atoms. The van der Waals surface area contributed by atoms with Gasteiger partial charge in [-0.15, -0.1) is 0 Å². The number of hydrogen-bond acceptors (Lipinski definition) is 3. The van der Waals surface area contributed by atoms with Gasteiger partial charge in [-0.05, 0) is 19.8 Å². The third-order valence-corrected chi connectivity index (χ3v) is 3.58. The summed E-state index contributed by atoms with van der Waals surface area (Å²) in [6, 6.07) is 0. The van der Waals surface area contributed by atoms with Gasteiger partial charge in [-0.25, -0.2) is 0 Å². The first kappa shape index (κ1) is 19.9. The fourth-order valence-electron chi connectivity index (χ4n) is 2.37. The maximum absolute atomic E-state index is 11.1. The molecule has 0 aliphatic rings. The number of aliphatic carboxylic acids is 1. The predicted octanol–water partition coefficient (Wildman–Crippen LogP) is 4.71. The maximum Gasteiger partial charge on any atom is 0.305 e. The third kappa shape index (κ3) is 16.9. The van der Waals surface area contributed by atoms with Gasteiger partial charge in [-0.2, -0.15) is 0 Å². The number of unbranched alkanes of at least 4 members (excludes halogenated alkanes) is 10. The molecule has 0 rings (SSSR count). The first-order valence-corrected chi connectivity index (χ1v) is 8.54. The van der Waals surface area contributed by atoms with Crippen molar-refractivity contribution in [3.63, 3.8) is 0 Å². The van der Waals surface area contributed by atoms with E-state index < -0.39 is 5.97 Å². The Morgan fingerprint density at radius 2 is 1.10 bits per heavy atom. The molecule has 4 nitrogen and oxygen atoms in total. The number of ether oxygens (including phenoxy) is 1. The summed E-state index contributed by atoms with van der Waals surface area (Å²) in [4.78, 5) is 21.4. The number of hydrogen-bond donors (Lipinski definition) is 1. The Morgan fingerprint density at radius 3 is 1.48 bits per heavy atom. The standard InChI is InChI=1S/C17H32O4/c1-2-21-17(20)15-13-11-9-7-5-3-4-6-8-10-12-14-16(18)19/h2-15H2,1H3,(H,18,19). The molecule has 0 heterocycles. The Morgan fingerprint density at radius 1 is 0.714 bits per heavy atom. The van der Waals surface area contributed by atoms with Crippen LogP contribution in [0.3, 0.4) is 0 Å². The van der Waals surface area contributed by atoms with Crippen molar-refractivity contribution in [1.29, 1.82) is 0 Å². The molecule has 0 aromatic rings. The second kappa shape index (κ2) is 15.3. The number of rotatable bonds is 15. The van der Waals surface area contributed by atoms with E-state index in [1.54, 1.807) is 0 Å². The molecule has 21 heavy (non-hydrogen) atoms. The second-order valence-corrected chi connectivity index (χ2v) is 5.59. The summed E-state index contributed by atoms with van der Waals surface area (Å²) in [5, 5.41) is 8.51. The van der Waals surface area contributed by atoms with Crippen LogP contribution in [0.2, 0.25) is 0 Å². The van der Waals surface area contributed by atoms with Crippen LogP contribution in [0.15, 0.2) is 0 Å². The van der Waals surface area contributed by atoms with Gasteiger partial charge in [0, 0.05) is 12.8 Å². The van der Waals surface area contributed by atoms with Crippen LogP contribution in [0, 0.1) is 0 Å². The summed E-state index contributed by atoms with van der Waals surface area (Å²) in [5.74, 6) is -0.752. The van der Waals surface area contributed by atoms with E-state index in [0.29, 0.717) is 19.4 Å². The molecule has 124 valence electrons. The monoisotopic (exact) mass is 300 g/mol. The van der Waals surface area contributed by atoms with Gasteiger partial charge in [0.1, 0.15) is 0 Å². The Hall–Kier alpha value is -1.06. The van der Waals surface area contributed by atoms with E-state index in [1.807, 2.05) is 6.92 Å². The second-order valence-electron chi connectivity index (χ2n) is 5.59. The number of carbonyl (C=O) groups excluding carboxylic acids is 1. The Bertz CT molecular complexity index is 264. The zero-order valence-electron chi connectivity index (χ0n) is 13.6. The molecule has 0 fully saturated rings. The van der Waals surface area contributed by atoms with Crippen LogP contribution in [0.4, 0.5) is 0 Å². The van der Waals surface area contributed by atoms with Crippen LogP contribution in [-0.4, -0.2) is 23.7 Å². The van der Waals surface area contributed by atoms with Crippen molar-refractivity contribution in [2.24, 2.45) is 0 Å². The summed E-state index contributed by atoms with van der Waals surface area (Å²) >= 11 is 0. The van der Waals surface area contributed by atoms with Gasteiger partial charge in [0.05, 0.1) is 6.61 Å². The normalized spacial score (nSPS) is 10.5. The van der Waals surface area contributed by atoms with E-state index in [1.165, 1.54) is 38.5 Å². The van der Waals surface area contributed by atoms with Gasteiger partial charge < -0.3 is 9.84 Å². The van der Waals surface area contributed by atoms with Gasteiger partial charge in [-0.1, -0.05) is 57.8 Å². The van der Waals surface area contributed by atoms with E-state index >= 15 is 0 Å². The van der Waals surface area contributed by atoms with Gasteiger partial charge in [0.15, 0.2) is 0 Å². The molecule has 0 saturated heterocycles. The minimum atomic E-state index is -0.682. The van der Waals surface area contributed by atoms with Crippen molar-refractivity contribution in [1.82, 2.24) is 0 Å². The van der Waals surface area contributed by atoms with Gasteiger partial charge in [0.2, 0.25) is 0 Å². The number of esters is 1.